The van der Waals surface area contributed by atoms with Crippen molar-refractivity contribution in [3.05, 3.63) is 95.1 Å². The minimum absolute atomic E-state index is 0.00393. The van der Waals surface area contributed by atoms with E-state index in [1.807, 2.05) is 6.20 Å². The van der Waals surface area contributed by atoms with Crippen molar-refractivity contribution in [2.45, 2.75) is 150 Å². The zero-order chi connectivity index (χ0) is 50.5. The Kier molecular flexibility index (Phi) is 18.7. The Morgan fingerprint density at radius 3 is 2.42 bits per heavy atom. The first-order valence-electron chi connectivity index (χ1n) is 26.8. The Bertz CT molecular complexity index is 2390. The molecule has 4 N–H and O–H groups in total. The highest BCUT2D eigenvalue weighted by atomic mass is 16.5. The molecule has 386 valence electrons. The molecule has 0 radical (unpaired) electrons. The fraction of sp³-hybridized carbons (Fsp3) is 0.593. The van der Waals surface area contributed by atoms with Crippen LogP contribution in [0.5, 0.6) is 23.0 Å². The molecule has 4 aliphatic carbocycles. The summed E-state index contributed by atoms with van der Waals surface area (Å²) in [5.74, 6) is 5.98. The maximum absolute atomic E-state index is 12.7. The summed E-state index contributed by atoms with van der Waals surface area (Å²) in [7, 11) is 2.99. The summed E-state index contributed by atoms with van der Waals surface area (Å²) in [4.78, 5) is 25.0. The first-order chi connectivity index (χ1) is 34.2. The van der Waals surface area contributed by atoms with Crippen molar-refractivity contribution in [1.29, 1.82) is 0 Å². The van der Waals surface area contributed by atoms with E-state index in [1.54, 1.807) is 59.8 Å². The average Bonchev–Trinajstić information content (AvgIpc) is 3.97. The van der Waals surface area contributed by atoms with Gasteiger partial charge >= 0.3 is 0 Å². The van der Waals surface area contributed by atoms with Crippen LogP contribution in [-0.2, 0) is 22.7 Å². The van der Waals surface area contributed by atoms with E-state index in [-0.39, 0.29) is 24.0 Å². The maximum Gasteiger partial charge on any atom is 0.220 e. The molecule has 1 amide bonds. The number of hydrogen-bond donors (Lipinski definition) is 4. The maximum atomic E-state index is 12.7. The van der Waals surface area contributed by atoms with E-state index in [1.165, 1.54) is 96.0 Å². The van der Waals surface area contributed by atoms with Crippen LogP contribution >= 0.6 is 0 Å². The number of phenols is 1. The molecule has 8 atom stereocenters. The molecule has 0 unspecified atom stereocenters. The molecule has 2 aromatic carbocycles. The van der Waals surface area contributed by atoms with Gasteiger partial charge in [0.05, 0.1) is 20.4 Å². The van der Waals surface area contributed by atoms with Crippen LogP contribution in [0.25, 0.3) is 12.2 Å². The number of aromatic hydroxyl groups is 1. The number of ketones is 1. The smallest absolute Gasteiger partial charge is 0.220 e. The van der Waals surface area contributed by atoms with Crippen molar-refractivity contribution < 1.29 is 34.0 Å². The molecule has 0 saturated heterocycles. The van der Waals surface area contributed by atoms with Crippen molar-refractivity contribution in [2.75, 3.05) is 27.3 Å². The Morgan fingerprint density at radius 2 is 1.63 bits per heavy atom. The van der Waals surface area contributed by atoms with Crippen molar-refractivity contribution >= 4 is 23.8 Å². The summed E-state index contributed by atoms with van der Waals surface area (Å²) in [5.41, 5.74) is 4.70. The molecule has 3 fully saturated rings. The predicted molar refractivity (Wildman–Crippen MR) is 282 cm³/mol. The molecule has 4 aliphatic rings. The topological polar surface area (TPSA) is 157 Å². The van der Waals surface area contributed by atoms with Gasteiger partial charge in [-0.15, -0.1) is 5.10 Å². The Labute approximate surface area is 423 Å². The van der Waals surface area contributed by atoms with Crippen LogP contribution < -0.4 is 24.8 Å². The minimum atomic E-state index is -0.413. The van der Waals surface area contributed by atoms with Gasteiger partial charge in [-0.3, -0.25) is 14.3 Å². The van der Waals surface area contributed by atoms with E-state index < -0.39 is 5.78 Å². The first-order valence-corrected chi connectivity index (χ1v) is 26.8. The highest BCUT2D eigenvalue weighted by Crippen LogP contribution is 2.67. The van der Waals surface area contributed by atoms with Crippen molar-refractivity contribution in [2.24, 2.45) is 46.3 Å². The van der Waals surface area contributed by atoms with Crippen molar-refractivity contribution in [1.82, 2.24) is 25.6 Å². The number of methoxy groups -OCH3 is 2. The minimum Gasteiger partial charge on any atom is -0.508 e. The number of fused-ring (bicyclic) bond motifs is 5. The van der Waals surface area contributed by atoms with Gasteiger partial charge in [0.1, 0.15) is 18.1 Å². The van der Waals surface area contributed by atoms with Gasteiger partial charge in [-0.25, -0.2) is 0 Å². The number of aliphatic hydroxyl groups excluding tert-OH is 1. The fourth-order valence-corrected chi connectivity index (χ4v) is 13.1. The monoisotopic (exact) mass is 974 g/mol. The standard InChI is InChI=1S/C59H83N5O7/c1-40(2)12-10-13-41(3)50-23-24-51-49-22-19-44-36-45(27-29-58(44,4)52(49)28-30-59(50,51)5)60-31-8-9-32-61-57(68)14-11-33-64-38-46(62-63-64)39-71-54-26-18-43(35-56(54)70-7)16-21-48(66)37-47(65)20-15-42-17-25-53(67)55(34-42)69-6/h15-21,25-26,34-35,37-38,40-41,45,49-52,60,66-67H,8-14,22-24,27-33,36,39H2,1-7H3,(H,61,68)/b20-15+,21-16+,48-37-/t41-,45+,49+,50-,51+,52+,58+,59-/m1/s1. The van der Waals surface area contributed by atoms with Gasteiger partial charge in [0.25, 0.3) is 0 Å². The van der Waals surface area contributed by atoms with Crippen LogP contribution in [0.4, 0.5) is 0 Å². The molecule has 12 heteroatoms. The molecule has 12 nitrogen and oxygen atoms in total. The molecule has 0 bridgehead atoms. The van der Waals surface area contributed by atoms with Crippen LogP contribution in [0.1, 0.15) is 148 Å². The lowest BCUT2D eigenvalue weighted by Crippen LogP contribution is -2.51. The third kappa shape index (κ3) is 13.8. The number of amides is 1. The molecular formula is C59H83N5O7. The second kappa shape index (κ2) is 24.9. The SMILES string of the molecule is COc1cc(/C=C/C(=O)/C=C(O)/C=C/c2ccc(OCc3cn(CCCC(=O)NCCCCN[C@H]4CC[C@@]5(C)C(=CC[C@H]6[C@@H]7CC[C@H]([C@H](C)CCCC(C)C)[C@@]7(C)CC[C@@H]65)C4)nn3)c(OC)c2)ccc1O. The molecular weight excluding hydrogens is 891 g/mol. The number of aliphatic hydroxyl groups is 1. The number of unbranched alkanes of at least 4 members (excludes halogenated alkanes) is 1. The number of nitrogens with one attached hydrogen (secondary N) is 2. The number of aryl methyl sites for hydroxylation is 1. The molecule has 0 aliphatic heterocycles. The second-order valence-corrected chi connectivity index (χ2v) is 22.1. The van der Waals surface area contributed by atoms with Gasteiger partial charge in [-0.1, -0.05) is 95.0 Å². The average molecular weight is 974 g/mol. The van der Waals surface area contributed by atoms with E-state index in [0.29, 0.717) is 71.3 Å². The number of hydrogen-bond acceptors (Lipinski definition) is 10. The lowest BCUT2D eigenvalue weighted by molar-refractivity contribution is -0.121. The predicted octanol–water partition coefficient (Wildman–Crippen LogP) is 12.0. The quantitative estimate of drug-likeness (QED) is 0.0212. The second-order valence-electron chi connectivity index (χ2n) is 22.1. The number of allylic oxidation sites excluding steroid dienone is 4. The van der Waals surface area contributed by atoms with E-state index in [4.69, 9.17) is 14.2 Å². The van der Waals surface area contributed by atoms with Crippen LogP contribution in [0.2, 0.25) is 0 Å². The Hall–Kier alpha value is -5.36. The highest BCUT2D eigenvalue weighted by Gasteiger charge is 2.59. The number of nitrogens with zero attached hydrogens (tertiary/aromatic N) is 3. The van der Waals surface area contributed by atoms with Gasteiger partial charge < -0.3 is 35.1 Å². The number of ether oxygens (including phenoxy) is 3. The van der Waals surface area contributed by atoms with E-state index in [2.05, 4.69) is 61.6 Å². The first kappa shape index (κ1) is 53.4. The summed E-state index contributed by atoms with van der Waals surface area (Å²) in [6, 6.07) is 10.6. The Morgan fingerprint density at radius 1 is 0.873 bits per heavy atom. The highest BCUT2D eigenvalue weighted by molar-refractivity contribution is 6.02. The molecule has 1 heterocycles. The normalized spacial score (nSPS) is 25.7. The number of phenolic OH excluding ortho intramolecular Hbond substituents is 1. The van der Waals surface area contributed by atoms with Gasteiger partial charge in [0.15, 0.2) is 28.8 Å². The molecule has 1 aromatic heterocycles. The van der Waals surface area contributed by atoms with Crippen molar-refractivity contribution in [3.8, 4) is 23.0 Å². The van der Waals surface area contributed by atoms with Crippen LogP contribution in [0.3, 0.4) is 0 Å². The van der Waals surface area contributed by atoms with Crippen LogP contribution in [0.15, 0.2) is 78.2 Å². The molecule has 3 saturated carbocycles. The molecule has 3 aromatic rings. The summed E-state index contributed by atoms with van der Waals surface area (Å²) in [6.07, 6.45) is 29.8. The Balaban J connectivity index is 0.754. The van der Waals surface area contributed by atoms with Gasteiger partial charge in [-0.2, -0.15) is 0 Å². The summed E-state index contributed by atoms with van der Waals surface area (Å²) >= 11 is 0. The van der Waals surface area contributed by atoms with E-state index in [9.17, 15) is 19.8 Å². The number of benzene rings is 2. The van der Waals surface area contributed by atoms with Crippen molar-refractivity contribution in [3.63, 3.8) is 0 Å². The van der Waals surface area contributed by atoms with Gasteiger partial charge in [-0.05, 0) is 171 Å². The lowest BCUT2D eigenvalue weighted by Gasteiger charge is -2.58. The zero-order valence-electron chi connectivity index (χ0n) is 43.8. The third-order valence-electron chi connectivity index (χ3n) is 17.0. The molecule has 71 heavy (non-hydrogen) atoms. The summed E-state index contributed by atoms with van der Waals surface area (Å²) in [6.45, 7) is 15.1. The molecule has 7 rings (SSSR count). The molecule has 0 spiro atoms. The largest absolute Gasteiger partial charge is 0.508 e. The van der Waals surface area contributed by atoms with Gasteiger partial charge in [0.2, 0.25) is 5.91 Å². The number of aromatic nitrogens is 3. The van der Waals surface area contributed by atoms with Gasteiger partial charge in [0, 0.05) is 31.6 Å². The summed E-state index contributed by atoms with van der Waals surface area (Å²) < 4.78 is 18.4. The van der Waals surface area contributed by atoms with Crippen LogP contribution in [0, 0.1) is 46.3 Å². The van der Waals surface area contributed by atoms with E-state index in [0.717, 1.165) is 66.5 Å². The number of carbonyl (C=O) groups excluding carboxylic acids is 2. The number of carbonyl (C=O) groups is 2. The lowest BCUT2D eigenvalue weighted by atomic mass is 9.47. The van der Waals surface area contributed by atoms with E-state index >= 15 is 0 Å². The third-order valence-corrected chi connectivity index (χ3v) is 17.0. The summed E-state index contributed by atoms with van der Waals surface area (Å²) in [5, 5.41) is 35.6. The van der Waals surface area contributed by atoms with Crippen LogP contribution in [-0.4, -0.2) is 70.2 Å². The number of rotatable bonds is 25. The fourth-order valence-electron chi connectivity index (χ4n) is 13.1. The zero-order valence-corrected chi connectivity index (χ0v) is 43.8.